The zero-order chi connectivity index (χ0) is 74.9. The molecule has 0 spiro atoms. The molecule has 6 aromatic heterocycles. The molecule has 532 valence electrons. The summed E-state index contributed by atoms with van der Waals surface area (Å²) >= 11 is 0. The van der Waals surface area contributed by atoms with Crippen LogP contribution in [0.3, 0.4) is 0 Å². The van der Waals surface area contributed by atoms with E-state index < -0.39 is 0 Å². The highest BCUT2D eigenvalue weighted by Gasteiger charge is 2.22. The summed E-state index contributed by atoms with van der Waals surface area (Å²) in [7, 11) is 0. The summed E-state index contributed by atoms with van der Waals surface area (Å²) in [4.78, 5) is 0. The molecule has 0 aliphatic rings. The first kappa shape index (κ1) is 64.7. The monoisotopic (exact) mass is 1450 g/mol. The summed E-state index contributed by atoms with van der Waals surface area (Å²) in [6, 6.07) is 149. The molecule has 0 saturated carbocycles. The molecule has 24 rings (SSSR count). The van der Waals surface area contributed by atoms with Crippen LogP contribution in [0, 0.1) is 0 Å². The van der Waals surface area contributed by atoms with Gasteiger partial charge in [0.2, 0.25) is 0 Å². The number of hydrogen-bond acceptors (Lipinski definition) is 2. The van der Waals surface area contributed by atoms with Gasteiger partial charge in [-0.1, -0.05) is 243 Å². The van der Waals surface area contributed by atoms with Crippen molar-refractivity contribution in [3.63, 3.8) is 0 Å². The predicted octanol–water partition coefficient (Wildman–Crippen LogP) is 29.6. The topological polar surface area (TPSA) is 46.0 Å². The highest BCUT2D eigenvalue weighted by molar-refractivity contribution is 6.17. The Morgan fingerprint density at radius 2 is 0.351 bits per heavy atom. The average molecular weight is 1450 g/mol. The second kappa shape index (κ2) is 26.2. The molecule has 0 atom stereocenters. The van der Waals surface area contributed by atoms with Crippen LogP contribution < -0.4 is 0 Å². The lowest BCUT2D eigenvalue weighted by Crippen LogP contribution is -1.94. The maximum Gasteiger partial charge on any atom is 0.136 e. The zero-order valence-electron chi connectivity index (χ0n) is 61.9. The second-order valence-corrected chi connectivity index (χ2v) is 29.9. The van der Waals surface area contributed by atoms with Gasteiger partial charge in [0.05, 0.1) is 44.1 Å². The van der Waals surface area contributed by atoms with Crippen molar-refractivity contribution in [2.75, 3.05) is 0 Å². The fourth-order valence-electron chi connectivity index (χ4n) is 18.0. The van der Waals surface area contributed by atoms with Crippen molar-refractivity contribution >= 4 is 131 Å². The van der Waals surface area contributed by atoms with E-state index >= 15 is 0 Å². The fourth-order valence-corrected chi connectivity index (χ4v) is 18.0. The van der Waals surface area contributed by atoms with E-state index in [0.717, 1.165) is 77.8 Å². The van der Waals surface area contributed by atoms with E-state index in [4.69, 9.17) is 8.83 Å². The Labute approximate surface area is 656 Å². The largest absolute Gasteiger partial charge is 0.456 e. The first-order valence-corrected chi connectivity index (χ1v) is 39.0. The zero-order valence-corrected chi connectivity index (χ0v) is 61.9. The lowest BCUT2D eigenvalue weighted by Gasteiger charge is -2.10. The van der Waals surface area contributed by atoms with Gasteiger partial charge in [0.1, 0.15) is 22.3 Å². The SMILES string of the molecule is c1ccc(-c2ccc(-n3c4ccccc4c4cc(-c5ccc6c(c5)c5cc(-c7ccc8c(c7)oc7ccccc78)ccc5n6-c5ccccc5)ccc43)cc2)cc1.c1ccc(-c2ccc(-n3c4ccccc4c4cc(-c5ccc6c(c5)c5cc(-c7ccc8oc9ccccc9c8c7)ccc5n6-c5ccccc5)ccc43)cc2)cc1. The molecule has 6 nitrogen and oxygen atoms in total. The molecular formula is C108H68N4O2. The Balaban J connectivity index is 0.000000135. The average Bonchev–Trinajstić information content (AvgIpc) is 1.60. The number of rotatable bonds is 10. The number of nitrogens with zero attached hydrogens (tertiary/aromatic N) is 4. The number of aromatic nitrogens is 4. The molecule has 6 heterocycles. The Morgan fingerprint density at radius 3 is 0.737 bits per heavy atom. The standard InChI is InChI=1S/2C54H34N2O/c1-3-11-35(12-4-1)36-19-25-42(26-20-36)56-49-17-9-7-15-43(49)46-31-37(22-28-50(46)56)38-23-29-51-47(32-38)48-33-39(24-30-52(48)55(51)41-13-5-2-6-14-41)40-21-27-45-44-16-8-10-18-53(44)57-54(45)34-40;1-3-11-35(12-4-1)36-19-25-42(26-20-36)56-49-17-9-7-15-43(49)45-31-37(21-27-50(45)56)38-22-28-51-46(32-38)47-33-39(23-29-52(47)55(51)41-13-5-2-6-14-41)40-24-30-54-48(34-40)44-16-8-10-18-53(44)57-54/h2*1-34H. The minimum atomic E-state index is 0.906. The van der Waals surface area contributed by atoms with Crippen LogP contribution in [0.25, 0.3) is 221 Å². The molecule has 0 unspecified atom stereocenters. The van der Waals surface area contributed by atoms with Crippen LogP contribution in [0.1, 0.15) is 0 Å². The first-order chi connectivity index (χ1) is 56.5. The van der Waals surface area contributed by atoms with Gasteiger partial charge in [0.15, 0.2) is 0 Å². The van der Waals surface area contributed by atoms with Crippen molar-refractivity contribution in [3.05, 3.63) is 413 Å². The van der Waals surface area contributed by atoms with Gasteiger partial charge in [-0.3, -0.25) is 0 Å². The van der Waals surface area contributed by atoms with Gasteiger partial charge in [0.25, 0.3) is 0 Å². The fraction of sp³-hybridized carbons (Fsp3) is 0. The number of hydrogen-bond donors (Lipinski definition) is 0. The van der Waals surface area contributed by atoms with E-state index in [-0.39, 0.29) is 0 Å². The lowest BCUT2D eigenvalue weighted by atomic mass is 9.98. The van der Waals surface area contributed by atoms with Crippen LogP contribution in [0.15, 0.2) is 421 Å². The van der Waals surface area contributed by atoms with Gasteiger partial charge in [-0.25, -0.2) is 0 Å². The third-order valence-corrected chi connectivity index (χ3v) is 23.5. The van der Waals surface area contributed by atoms with Crippen LogP contribution in [-0.4, -0.2) is 18.3 Å². The van der Waals surface area contributed by atoms with E-state index in [1.807, 2.05) is 24.3 Å². The summed E-state index contributed by atoms with van der Waals surface area (Å²) < 4.78 is 22.0. The molecular weight excluding hydrogens is 1390 g/mol. The Hall–Kier alpha value is -15.2. The van der Waals surface area contributed by atoms with Gasteiger partial charge < -0.3 is 27.1 Å². The third kappa shape index (κ3) is 10.6. The molecule has 24 aromatic rings. The van der Waals surface area contributed by atoms with E-state index in [1.54, 1.807) is 0 Å². The number of benzene rings is 18. The van der Waals surface area contributed by atoms with Crippen LogP contribution in [0.5, 0.6) is 0 Å². The van der Waals surface area contributed by atoms with Crippen LogP contribution in [-0.2, 0) is 0 Å². The van der Waals surface area contributed by atoms with E-state index in [2.05, 4.69) is 407 Å². The van der Waals surface area contributed by atoms with Gasteiger partial charge >= 0.3 is 0 Å². The normalized spacial score (nSPS) is 11.9. The molecule has 0 amide bonds. The molecule has 0 saturated heterocycles. The predicted molar refractivity (Wildman–Crippen MR) is 477 cm³/mol. The lowest BCUT2D eigenvalue weighted by molar-refractivity contribution is 0.668. The summed E-state index contributed by atoms with van der Waals surface area (Å²) in [5, 5.41) is 14.4. The van der Waals surface area contributed by atoms with Crippen molar-refractivity contribution in [3.8, 4) is 89.5 Å². The highest BCUT2D eigenvalue weighted by Crippen LogP contribution is 2.45. The second-order valence-electron chi connectivity index (χ2n) is 29.9. The number of fused-ring (bicyclic) bond motifs is 18. The van der Waals surface area contributed by atoms with Crippen LogP contribution >= 0.6 is 0 Å². The molecule has 18 aromatic carbocycles. The quantitative estimate of drug-likeness (QED) is 0.137. The van der Waals surface area contributed by atoms with Crippen molar-refractivity contribution in [2.24, 2.45) is 0 Å². The number of para-hydroxylation sites is 6. The van der Waals surface area contributed by atoms with Crippen molar-refractivity contribution in [1.82, 2.24) is 18.3 Å². The molecule has 114 heavy (non-hydrogen) atoms. The highest BCUT2D eigenvalue weighted by atomic mass is 16.3. The molecule has 6 heteroatoms. The first-order valence-electron chi connectivity index (χ1n) is 39.0. The Morgan fingerprint density at radius 1 is 0.123 bits per heavy atom. The molecule has 0 aliphatic carbocycles. The van der Waals surface area contributed by atoms with Gasteiger partial charge in [0, 0.05) is 87.4 Å². The van der Waals surface area contributed by atoms with Crippen LogP contribution in [0.2, 0.25) is 0 Å². The minimum Gasteiger partial charge on any atom is -0.456 e. The molecule has 0 bridgehead atoms. The third-order valence-electron chi connectivity index (χ3n) is 23.5. The van der Waals surface area contributed by atoms with E-state index in [1.165, 1.54) is 143 Å². The van der Waals surface area contributed by atoms with Gasteiger partial charge in [-0.2, -0.15) is 0 Å². The number of furan rings is 2. The van der Waals surface area contributed by atoms with Crippen molar-refractivity contribution in [1.29, 1.82) is 0 Å². The Kier molecular flexibility index (Phi) is 14.9. The van der Waals surface area contributed by atoms with E-state index in [9.17, 15) is 0 Å². The smallest absolute Gasteiger partial charge is 0.136 e. The summed E-state index contributed by atoms with van der Waals surface area (Å²) in [5.74, 6) is 0. The summed E-state index contributed by atoms with van der Waals surface area (Å²) in [6.07, 6.45) is 0. The summed E-state index contributed by atoms with van der Waals surface area (Å²) in [6.45, 7) is 0. The molecule has 0 aliphatic heterocycles. The molecule has 0 N–H and O–H groups in total. The van der Waals surface area contributed by atoms with Gasteiger partial charge in [-0.15, -0.1) is 0 Å². The van der Waals surface area contributed by atoms with E-state index in [0.29, 0.717) is 0 Å². The summed E-state index contributed by atoms with van der Waals surface area (Å²) in [5.41, 5.74) is 32.1. The maximum absolute atomic E-state index is 6.30. The van der Waals surface area contributed by atoms with Crippen molar-refractivity contribution < 1.29 is 8.83 Å². The Bertz CT molecular complexity index is 7930. The van der Waals surface area contributed by atoms with Gasteiger partial charge in [-0.05, 0) is 237 Å². The van der Waals surface area contributed by atoms with Crippen LogP contribution in [0.4, 0.5) is 0 Å². The molecule has 0 radical (unpaired) electrons. The maximum atomic E-state index is 6.30. The molecule has 0 fully saturated rings. The minimum absolute atomic E-state index is 0.906. The van der Waals surface area contributed by atoms with Crippen molar-refractivity contribution in [2.45, 2.75) is 0 Å².